The van der Waals surface area contributed by atoms with Crippen LogP contribution >= 0.6 is 0 Å². The topological polar surface area (TPSA) is 98.7 Å². The maximum absolute atomic E-state index is 12.4. The molecule has 1 atom stereocenters. The molecular formula is C15H25N5O2. The van der Waals surface area contributed by atoms with Gasteiger partial charge < -0.3 is 10.7 Å². The van der Waals surface area contributed by atoms with E-state index in [1.165, 1.54) is 9.13 Å². The summed E-state index contributed by atoms with van der Waals surface area (Å²) in [5, 5.41) is 0. The number of hydrogen-bond donors (Lipinski definition) is 2. The summed E-state index contributed by atoms with van der Waals surface area (Å²) in [7, 11) is 1.64. The van der Waals surface area contributed by atoms with E-state index in [1.807, 2.05) is 6.92 Å². The number of aromatic amines is 1. The van der Waals surface area contributed by atoms with Crippen LogP contribution in [0.15, 0.2) is 9.59 Å². The lowest BCUT2D eigenvalue weighted by Crippen LogP contribution is -2.39. The van der Waals surface area contributed by atoms with E-state index in [2.05, 4.69) is 9.97 Å². The van der Waals surface area contributed by atoms with Crippen LogP contribution in [0, 0.1) is 6.92 Å². The predicted octanol–water partition coefficient (Wildman–Crippen LogP) is 1.03. The van der Waals surface area contributed by atoms with E-state index in [9.17, 15) is 9.59 Å². The minimum absolute atomic E-state index is 0.237. The molecule has 122 valence electrons. The van der Waals surface area contributed by atoms with Crippen molar-refractivity contribution < 1.29 is 0 Å². The fourth-order valence-corrected chi connectivity index (χ4v) is 2.65. The van der Waals surface area contributed by atoms with Crippen molar-refractivity contribution in [2.75, 3.05) is 0 Å². The first-order valence-electron chi connectivity index (χ1n) is 7.83. The number of imidazole rings is 1. The van der Waals surface area contributed by atoms with Gasteiger partial charge in [-0.3, -0.25) is 13.9 Å². The standard InChI is InChI=1S/C15H25N5O2/c1-10(16)8-6-4-5-7-9-20-14(21)12-13(18-11(2)17-12)19(3)15(20)22/h10H,4-9,16H2,1-3H3,(H,17,18). The highest BCUT2D eigenvalue weighted by Crippen LogP contribution is 2.06. The van der Waals surface area contributed by atoms with Crippen molar-refractivity contribution in [2.45, 2.75) is 58.5 Å². The first kappa shape index (κ1) is 16.5. The van der Waals surface area contributed by atoms with Gasteiger partial charge in [-0.25, -0.2) is 9.78 Å². The van der Waals surface area contributed by atoms with Gasteiger partial charge >= 0.3 is 5.69 Å². The van der Waals surface area contributed by atoms with Crippen LogP contribution in [-0.2, 0) is 13.6 Å². The van der Waals surface area contributed by atoms with Crippen LogP contribution in [0.5, 0.6) is 0 Å². The molecule has 0 fully saturated rings. The monoisotopic (exact) mass is 307 g/mol. The van der Waals surface area contributed by atoms with Crippen molar-refractivity contribution >= 4 is 11.2 Å². The van der Waals surface area contributed by atoms with Gasteiger partial charge in [0.05, 0.1) is 0 Å². The molecule has 0 aliphatic carbocycles. The molecule has 0 radical (unpaired) electrons. The lowest BCUT2D eigenvalue weighted by molar-refractivity contribution is 0.516. The number of hydrogen-bond acceptors (Lipinski definition) is 4. The highest BCUT2D eigenvalue weighted by molar-refractivity contribution is 5.69. The predicted molar refractivity (Wildman–Crippen MR) is 87.1 cm³/mol. The lowest BCUT2D eigenvalue weighted by Gasteiger charge is -2.08. The van der Waals surface area contributed by atoms with Crippen molar-refractivity contribution in [1.29, 1.82) is 0 Å². The van der Waals surface area contributed by atoms with E-state index in [1.54, 1.807) is 14.0 Å². The third-order valence-electron chi connectivity index (χ3n) is 3.89. The van der Waals surface area contributed by atoms with E-state index in [4.69, 9.17) is 5.73 Å². The quantitative estimate of drug-likeness (QED) is 0.746. The highest BCUT2D eigenvalue weighted by atomic mass is 16.2. The third-order valence-corrected chi connectivity index (χ3v) is 3.89. The van der Waals surface area contributed by atoms with E-state index in [0.29, 0.717) is 23.5 Å². The molecule has 0 saturated heterocycles. The molecule has 7 nitrogen and oxygen atoms in total. The van der Waals surface area contributed by atoms with Crippen LogP contribution < -0.4 is 17.0 Å². The Morgan fingerprint density at radius 2 is 1.91 bits per heavy atom. The van der Waals surface area contributed by atoms with Crippen LogP contribution in [0.1, 0.15) is 44.9 Å². The van der Waals surface area contributed by atoms with Crippen molar-refractivity contribution in [3.63, 3.8) is 0 Å². The van der Waals surface area contributed by atoms with Gasteiger partial charge in [0.25, 0.3) is 5.56 Å². The van der Waals surface area contributed by atoms with E-state index < -0.39 is 0 Å². The first-order valence-corrected chi connectivity index (χ1v) is 7.83. The molecule has 2 aromatic heterocycles. The molecule has 2 rings (SSSR count). The molecule has 0 saturated carbocycles. The van der Waals surface area contributed by atoms with Gasteiger partial charge in [-0.2, -0.15) is 0 Å². The van der Waals surface area contributed by atoms with Crippen LogP contribution in [0.3, 0.4) is 0 Å². The summed E-state index contributed by atoms with van der Waals surface area (Å²) in [5.41, 5.74) is 5.94. The van der Waals surface area contributed by atoms with Gasteiger partial charge in [-0.1, -0.05) is 19.3 Å². The summed E-state index contributed by atoms with van der Waals surface area (Å²) in [6.07, 6.45) is 4.97. The average molecular weight is 307 g/mol. The number of nitrogens with one attached hydrogen (secondary N) is 1. The second kappa shape index (κ2) is 6.91. The van der Waals surface area contributed by atoms with Gasteiger partial charge in [0.15, 0.2) is 5.65 Å². The van der Waals surface area contributed by atoms with E-state index >= 15 is 0 Å². The zero-order valence-corrected chi connectivity index (χ0v) is 13.6. The van der Waals surface area contributed by atoms with Gasteiger partial charge in [-0.15, -0.1) is 0 Å². The van der Waals surface area contributed by atoms with Gasteiger partial charge in [0.1, 0.15) is 11.3 Å². The molecular weight excluding hydrogens is 282 g/mol. The zero-order valence-electron chi connectivity index (χ0n) is 13.6. The fraction of sp³-hybridized carbons (Fsp3) is 0.667. The van der Waals surface area contributed by atoms with Crippen molar-refractivity contribution in [1.82, 2.24) is 19.1 Å². The average Bonchev–Trinajstić information content (AvgIpc) is 2.85. The number of H-pyrrole nitrogens is 1. The van der Waals surface area contributed by atoms with E-state index in [-0.39, 0.29) is 17.3 Å². The van der Waals surface area contributed by atoms with Gasteiger partial charge in [0, 0.05) is 19.6 Å². The number of aromatic nitrogens is 4. The summed E-state index contributed by atoms with van der Waals surface area (Å²) in [5.74, 6) is 0.635. The zero-order chi connectivity index (χ0) is 16.3. The SMILES string of the molecule is Cc1nc2c([nH]1)c(=O)n(CCCCCCC(C)N)c(=O)n2C. The largest absolute Gasteiger partial charge is 0.336 e. The molecule has 7 heteroatoms. The van der Waals surface area contributed by atoms with Crippen LogP contribution in [-0.4, -0.2) is 25.1 Å². The number of aryl methyl sites for hydroxylation is 2. The Morgan fingerprint density at radius 1 is 1.23 bits per heavy atom. The third kappa shape index (κ3) is 3.47. The van der Waals surface area contributed by atoms with Gasteiger partial charge in [0.2, 0.25) is 0 Å². The molecule has 0 bridgehead atoms. The molecule has 0 aliphatic rings. The summed E-state index contributed by atoms with van der Waals surface area (Å²) in [6, 6.07) is 0.237. The van der Waals surface area contributed by atoms with E-state index in [0.717, 1.165) is 32.1 Å². The molecule has 2 aromatic rings. The van der Waals surface area contributed by atoms with Crippen LogP contribution in [0.25, 0.3) is 11.2 Å². The maximum atomic E-state index is 12.4. The Labute approximate surface area is 129 Å². The summed E-state index contributed by atoms with van der Waals surface area (Å²) in [4.78, 5) is 31.8. The Bertz CT molecular complexity index is 754. The Morgan fingerprint density at radius 3 is 2.59 bits per heavy atom. The summed E-state index contributed by atoms with van der Waals surface area (Å²) < 4.78 is 2.72. The number of nitrogens with two attached hydrogens (primary N) is 1. The van der Waals surface area contributed by atoms with Crippen LogP contribution in [0.2, 0.25) is 0 Å². The second-order valence-electron chi connectivity index (χ2n) is 6.00. The summed E-state index contributed by atoms with van der Waals surface area (Å²) in [6.45, 7) is 4.22. The minimum Gasteiger partial charge on any atom is -0.336 e. The molecule has 22 heavy (non-hydrogen) atoms. The molecule has 1 unspecified atom stereocenters. The molecule has 0 aliphatic heterocycles. The lowest BCUT2D eigenvalue weighted by atomic mass is 10.1. The Hall–Kier alpha value is -1.89. The number of fused-ring (bicyclic) bond motifs is 1. The smallest absolute Gasteiger partial charge is 0.332 e. The van der Waals surface area contributed by atoms with Gasteiger partial charge in [-0.05, 0) is 26.7 Å². The molecule has 0 aromatic carbocycles. The summed E-state index contributed by atoms with van der Waals surface area (Å²) >= 11 is 0. The number of nitrogens with zero attached hydrogens (tertiary/aromatic N) is 3. The molecule has 0 spiro atoms. The Kier molecular flexibility index (Phi) is 5.18. The van der Waals surface area contributed by atoms with Crippen LogP contribution in [0.4, 0.5) is 0 Å². The maximum Gasteiger partial charge on any atom is 0.332 e. The van der Waals surface area contributed by atoms with Crippen molar-refractivity contribution in [2.24, 2.45) is 12.8 Å². The highest BCUT2D eigenvalue weighted by Gasteiger charge is 2.13. The minimum atomic E-state index is -0.306. The van der Waals surface area contributed by atoms with Crippen molar-refractivity contribution in [3.05, 3.63) is 26.7 Å². The number of rotatable bonds is 7. The number of unbranched alkanes of at least 4 members (excludes halogenated alkanes) is 3. The molecule has 2 heterocycles. The second-order valence-corrected chi connectivity index (χ2v) is 6.00. The first-order chi connectivity index (χ1) is 10.4. The molecule has 3 N–H and O–H groups in total. The Balaban J connectivity index is 2.08. The normalized spacial score (nSPS) is 12.9. The fourth-order valence-electron chi connectivity index (χ4n) is 2.65. The molecule has 0 amide bonds. The van der Waals surface area contributed by atoms with Crippen molar-refractivity contribution in [3.8, 4) is 0 Å².